The van der Waals surface area contributed by atoms with Crippen LogP contribution in [0.25, 0.3) is 0 Å². The summed E-state index contributed by atoms with van der Waals surface area (Å²) in [6.07, 6.45) is 3.63. The van der Waals surface area contributed by atoms with E-state index in [1.54, 1.807) is 12.1 Å². The molecule has 2 saturated heterocycles. The Morgan fingerprint density at radius 1 is 1.23 bits per heavy atom. The SMILES string of the molecule is O=C(C1CCOCC1)N1CCCC1COc1ccc(F)cc1. The van der Waals surface area contributed by atoms with E-state index in [-0.39, 0.29) is 23.7 Å². The lowest BCUT2D eigenvalue weighted by molar-refractivity contribution is -0.139. The Bertz CT molecular complexity index is 499. The number of ether oxygens (including phenoxy) is 2. The third-order valence-electron chi connectivity index (χ3n) is 4.49. The number of rotatable bonds is 4. The Balaban J connectivity index is 1.55. The van der Waals surface area contributed by atoms with Gasteiger partial charge in [0.15, 0.2) is 0 Å². The van der Waals surface area contributed by atoms with Gasteiger partial charge in [0.1, 0.15) is 18.2 Å². The molecule has 0 aliphatic carbocycles. The number of benzene rings is 1. The Labute approximate surface area is 130 Å². The van der Waals surface area contributed by atoms with Crippen LogP contribution in [-0.2, 0) is 9.53 Å². The van der Waals surface area contributed by atoms with E-state index in [2.05, 4.69) is 0 Å². The molecule has 2 aliphatic heterocycles. The van der Waals surface area contributed by atoms with Gasteiger partial charge in [-0.25, -0.2) is 4.39 Å². The van der Waals surface area contributed by atoms with Crippen LogP contribution >= 0.6 is 0 Å². The molecule has 1 atom stereocenters. The van der Waals surface area contributed by atoms with Crippen LogP contribution in [0.3, 0.4) is 0 Å². The van der Waals surface area contributed by atoms with Crippen molar-refractivity contribution in [2.45, 2.75) is 31.7 Å². The van der Waals surface area contributed by atoms with Crippen molar-refractivity contribution in [2.24, 2.45) is 5.92 Å². The highest BCUT2D eigenvalue weighted by Crippen LogP contribution is 2.25. The molecule has 0 bridgehead atoms. The second kappa shape index (κ2) is 7.09. The molecule has 0 N–H and O–H groups in total. The number of amides is 1. The van der Waals surface area contributed by atoms with Gasteiger partial charge < -0.3 is 14.4 Å². The second-order valence-corrected chi connectivity index (χ2v) is 5.98. The molecule has 2 heterocycles. The normalized spacial score (nSPS) is 22.8. The van der Waals surface area contributed by atoms with Crippen molar-refractivity contribution < 1.29 is 18.7 Å². The lowest BCUT2D eigenvalue weighted by Crippen LogP contribution is -2.43. The number of carbonyl (C=O) groups excluding carboxylic acids is 1. The van der Waals surface area contributed by atoms with Gasteiger partial charge in [0.25, 0.3) is 0 Å². The maximum absolute atomic E-state index is 12.9. The molecule has 22 heavy (non-hydrogen) atoms. The summed E-state index contributed by atoms with van der Waals surface area (Å²) in [4.78, 5) is 14.6. The second-order valence-electron chi connectivity index (χ2n) is 5.98. The first-order valence-electron chi connectivity index (χ1n) is 8.00. The first-order valence-corrected chi connectivity index (χ1v) is 8.00. The van der Waals surface area contributed by atoms with E-state index in [4.69, 9.17) is 9.47 Å². The smallest absolute Gasteiger partial charge is 0.226 e. The first kappa shape index (κ1) is 15.3. The van der Waals surface area contributed by atoms with Crippen molar-refractivity contribution >= 4 is 5.91 Å². The molecule has 2 aliphatic rings. The van der Waals surface area contributed by atoms with E-state index < -0.39 is 0 Å². The molecule has 0 saturated carbocycles. The predicted molar refractivity (Wildman–Crippen MR) is 80.2 cm³/mol. The Kier molecular flexibility index (Phi) is 4.93. The summed E-state index contributed by atoms with van der Waals surface area (Å²) in [7, 11) is 0. The van der Waals surface area contributed by atoms with Crippen molar-refractivity contribution in [1.82, 2.24) is 4.90 Å². The van der Waals surface area contributed by atoms with Gasteiger partial charge >= 0.3 is 0 Å². The number of hydrogen-bond donors (Lipinski definition) is 0. The van der Waals surface area contributed by atoms with E-state index in [9.17, 15) is 9.18 Å². The van der Waals surface area contributed by atoms with E-state index in [0.717, 1.165) is 32.2 Å². The summed E-state index contributed by atoms with van der Waals surface area (Å²) in [5.74, 6) is 0.713. The van der Waals surface area contributed by atoms with Gasteiger partial charge in [0, 0.05) is 25.7 Å². The van der Waals surface area contributed by atoms with Gasteiger partial charge in [-0.2, -0.15) is 0 Å². The Morgan fingerprint density at radius 3 is 2.68 bits per heavy atom. The summed E-state index contributed by atoms with van der Waals surface area (Å²) in [5, 5.41) is 0. The number of halogens is 1. The van der Waals surface area contributed by atoms with Crippen molar-refractivity contribution in [2.75, 3.05) is 26.4 Å². The van der Waals surface area contributed by atoms with E-state index in [1.165, 1.54) is 12.1 Å². The summed E-state index contributed by atoms with van der Waals surface area (Å²) in [6, 6.07) is 6.13. The number of nitrogens with zero attached hydrogens (tertiary/aromatic N) is 1. The fourth-order valence-corrected chi connectivity index (χ4v) is 3.20. The van der Waals surface area contributed by atoms with E-state index in [0.29, 0.717) is 25.6 Å². The van der Waals surface area contributed by atoms with Gasteiger partial charge in [-0.15, -0.1) is 0 Å². The monoisotopic (exact) mass is 307 g/mol. The van der Waals surface area contributed by atoms with Crippen LogP contribution in [-0.4, -0.2) is 43.2 Å². The van der Waals surface area contributed by atoms with Gasteiger partial charge in [0.2, 0.25) is 5.91 Å². The molecule has 0 spiro atoms. The highest BCUT2D eigenvalue weighted by molar-refractivity contribution is 5.79. The minimum absolute atomic E-state index is 0.0974. The van der Waals surface area contributed by atoms with Crippen LogP contribution in [0, 0.1) is 11.7 Å². The average Bonchev–Trinajstić information content (AvgIpc) is 3.03. The third-order valence-corrected chi connectivity index (χ3v) is 4.49. The maximum atomic E-state index is 12.9. The molecule has 1 aromatic rings. The number of hydrogen-bond acceptors (Lipinski definition) is 3. The molecule has 2 fully saturated rings. The topological polar surface area (TPSA) is 38.8 Å². The largest absolute Gasteiger partial charge is 0.491 e. The average molecular weight is 307 g/mol. The van der Waals surface area contributed by atoms with Crippen molar-refractivity contribution in [3.05, 3.63) is 30.1 Å². The lowest BCUT2D eigenvalue weighted by atomic mass is 9.98. The molecule has 4 nitrogen and oxygen atoms in total. The standard InChI is InChI=1S/C17H22FNO3/c18-14-3-5-16(6-4-14)22-12-15-2-1-9-19(15)17(20)13-7-10-21-11-8-13/h3-6,13,15H,1-2,7-12H2. The van der Waals surface area contributed by atoms with Crippen LogP contribution in [0.4, 0.5) is 4.39 Å². The summed E-state index contributed by atoms with van der Waals surface area (Å²) in [5.41, 5.74) is 0. The number of likely N-dealkylation sites (tertiary alicyclic amines) is 1. The van der Waals surface area contributed by atoms with Crippen molar-refractivity contribution in [3.8, 4) is 5.75 Å². The highest BCUT2D eigenvalue weighted by atomic mass is 19.1. The zero-order valence-electron chi connectivity index (χ0n) is 12.7. The van der Waals surface area contributed by atoms with Gasteiger partial charge in [-0.3, -0.25) is 4.79 Å². The van der Waals surface area contributed by atoms with Crippen LogP contribution in [0.5, 0.6) is 5.75 Å². The van der Waals surface area contributed by atoms with Gasteiger partial charge in [-0.1, -0.05) is 0 Å². The predicted octanol–water partition coefficient (Wildman–Crippen LogP) is 2.62. The van der Waals surface area contributed by atoms with Crippen molar-refractivity contribution in [1.29, 1.82) is 0 Å². The fraction of sp³-hybridized carbons (Fsp3) is 0.588. The molecule has 3 rings (SSSR count). The molecular formula is C17H22FNO3. The Morgan fingerprint density at radius 2 is 1.95 bits per heavy atom. The zero-order chi connectivity index (χ0) is 15.4. The molecule has 0 radical (unpaired) electrons. The number of carbonyl (C=O) groups is 1. The van der Waals surface area contributed by atoms with Crippen molar-refractivity contribution in [3.63, 3.8) is 0 Å². The Hall–Kier alpha value is -1.62. The molecule has 120 valence electrons. The van der Waals surface area contributed by atoms with Crippen LogP contribution in [0.2, 0.25) is 0 Å². The van der Waals surface area contributed by atoms with Gasteiger partial charge in [-0.05, 0) is 49.9 Å². The fourth-order valence-electron chi connectivity index (χ4n) is 3.20. The minimum atomic E-state index is -0.274. The third kappa shape index (κ3) is 3.58. The van der Waals surface area contributed by atoms with E-state index >= 15 is 0 Å². The van der Waals surface area contributed by atoms with Crippen LogP contribution in [0.1, 0.15) is 25.7 Å². The first-order chi connectivity index (χ1) is 10.7. The lowest BCUT2D eigenvalue weighted by Gasteiger charge is -2.30. The quantitative estimate of drug-likeness (QED) is 0.858. The maximum Gasteiger partial charge on any atom is 0.226 e. The van der Waals surface area contributed by atoms with Gasteiger partial charge in [0.05, 0.1) is 6.04 Å². The highest BCUT2D eigenvalue weighted by Gasteiger charge is 2.34. The van der Waals surface area contributed by atoms with Crippen LogP contribution in [0.15, 0.2) is 24.3 Å². The minimum Gasteiger partial charge on any atom is -0.491 e. The molecule has 1 aromatic carbocycles. The molecule has 0 aromatic heterocycles. The zero-order valence-corrected chi connectivity index (χ0v) is 12.7. The molecule has 5 heteroatoms. The van der Waals surface area contributed by atoms with E-state index in [1.807, 2.05) is 4.90 Å². The molecule has 1 unspecified atom stereocenters. The van der Waals surface area contributed by atoms with Crippen LogP contribution < -0.4 is 4.74 Å². The molecular weight excluding hydrogens is 285 g/mol. The summed E-state index contributed by atoms with van der Waals surface area (Å²) >= 11 is 0. The summed E-state index contributed by atoms with van der Waals surface area (Å²) < 4.78 is 23.9. The summed E-state index contributed by atoms with van der Waals surface area (Å²) in [6.45, 7) is 2.65. The molecule has 1 amide bonds.